The smallest absolute Gasteiger partial charge is 0.122 e. The molecule has 0 amide bonds. The van der Waals surface area contributed by atoms with Crippen LogP contribution in [0, 0.1) is 5.92 Å². The van der Waals surface area contributed by atoms with Gasteiger partial charge in [0.05, 0.1) is 7.11 Å². The van der Waals surface area contributed by atoms with E-state index < -0.39 is 0 Å². The van der Waals surface area contributed by atoms with Crippen molar-refractivity contribution in [3.05, 3.63) is 28.8 Å². The van der Waals surface area contributed by atoms with E-state index in [1.165, 1.54) is 24.8 Å². The van der Waals surface area contributed by atoms with E-state index in [1.54, 1.807) is 7.11 Å². The van der Waals surface area contributed by atoms with E-state index in [9.17, 15) is 0 Å². The van der Waals surface area contributed by atoms with E-state index >= 15 is 0 Å². The van der Waals surface area contributed by atoms with Crippen LogP contribution in [0.3, 0.4) is 0 Å². The van der Waals surface area contributed by atoms with Gasteiger partial charge in [-0.05, 0) is 43.5 Å². The molecule has 1 N–H and O–H groups in total. The number of hydrogen-bond acceptors (Lipinski definition) is 2. The van der Waals surface area contributed by atoms with Crippen LogP contribution in [0.1, 0.15) is 38.7 Å². The summed E-state index contributed by atoms with van der Waals surface area (Å²) in [7, 11) is 1.74. The highest BCUT2D eigenvalue weighted by Crippen LogP contribution is 2.58. The van der Waals surface area contributed by atoms with E-state index in [0.717, 1.165) is 29.8 Å². The quantitative estimate of drug-likeness (QED) is 0.763. The maximum Gasteiger partial charge on any atom is 0.122 e. The van der Waals surface area contributed by atoms with Crippen molar-refractivity contribution in [2.24, 2.45) is 5.92 Å². The van der Waals surface area contributed by atoms with Gasteiger partial charge in [-0.2, -0.15) is 0 Å². The van der Waals surface area contributed by atoms with Crippen molar-refractivity contribution in [2.75, 3.05) is 20.2 Å². The average Bonchev–Trinajstić information content (AvgIpc) is 3.14. The van der Waals surface area contributed by atoms with Crippen LogP contribution in [0.5, 0.6) is 5.75 Å². The normalized spacial score (nSPS) is 25.4. The summed E-state index contributed by atoms with van der Waals surface area (Å²) in [6.45, 7) is 6.56. The van der Waals surface area contributed by atoms with E-state index in [1.807, 2.05) is 12.1 Å². The molecule has 0 radical (unpaired) electrons. The third-order valence-corrected chi connectivity index (χ3v) is 4.53. The molecular weight excluding hydrogens is 258 g/mol. The second-order valence-electron chi connectivity index (χ2n) is 5.49. The molecule has 1 aromatic carbocycles. The van der Waals surface area contributed by atoms with Crippen molar-refractivity contribution in [1.82, 2.24) is 5.32 Å². The maximum absolute atomic E-state index is 6.18. The molecule has 2 rings (SSSR count). The number of benzene rings is 1. The summed E-state index contributed by atoms with van der Waals surface area (Å²) in [5.41, 5.74) is 1.50. The van der Waals surface area contributed by atoms with Crippen LogP contribution in [0.15, 0.2) is 18.2 Å². The predicted octanol–water partition coefficient (Wildman–Crippen LogP) is 4.02. The summed E-state index contributed by atoms with van der Waals surface area (Å²) < 4.78 is 5.54. The maximum atomic E-state index is 6.18. The fourth-order valence-corrected chi connectivity index (χ4v) is 3.29. The lowest BCUT2D eigenvalue weighted by atomic mass is 9.91. The molecule has 3 heteroatoms. The number of hydrogen-bond donors (Lipinski definition) is 1. The standard InChI is InChI=1S/C16H24ClNO/c1-4-8-18-11-16(10-12(16)5-2)14-9-13(17)6-7-15(14)19-3/h6-7,9,12,18H,4-5,8,10-11H2,1-3H3. The number of nitrogens with one attached hydrogen (secondary N) is 1. The molecule has 2 nitrogen and oxygen atoms in total. The van der Waals surface area contributed by atoms with Crippen molar-refractivity contribution >= 4 is 11.6 Å². The Morgan fingerprint density at radius 2 is 2.21 bits per heavy atom. The molecule has 0 bridgehead atoms. The van der Waals surface area contributed by atoms with Gasteiger partial charge in [-0.3, -0.25) is 0 Å². The first-order chi connectivity index (χ1) is 9.17. The average molecular weight is 282 g/mol. The minimum absolute atomic E-state index is 0.222. The summed E-state index contributed by atoms with van der Waals surface area (Å²) in [4.78, 5) is 0. The second kappa shape index (κ2) is 6.15. The summed E-state index contributed by atoms with van der Waals surface area (Å²) in [5.74, 6) is 1.71. The second-order valence-corrected chi connectivity index (χ2v) is 5.92. The van der Waals surface area contributed by atoms with E-state index in [4.69, 9.17) is 16.3 Å². The predicted molar refractivity (Wildman–Crippen MR) is 81.2 cm³/mol. The van der Waals surface area contributed by atoms with Crippen molar-refractivity contribution < 1.29 is 4.74 Å². The fourth-order valence-electron chi connectivity index (χ4n) is 3.11. The zero-order valence-electron chi connectivity index (χ0n) is 12.1. The Balaban J connectivity index is 2.27. The number of halogens is 1. The lowest BCUT2D eigenvalue weighted by Crippen LogP contribution is -2.29. The molecule has 2 atom stereocenters. The zero-order valence-corrected chi connectivity index (χ0v) is 12.9. The lowest BCUT2D eigenvalue weighted by molar-refractivity contribution is 0.397. The van der Waals surface area contributed by atoms with Gasteiger partial charge in [0, 0.05) is 22.5 Å². The first-order valence-electron chi connectivity index (χ1n) is 7.22. The topological polar surface area (TPSA) is 21.3 Å². The molecule has 1 aromatic rings. The first kappa shape index (κ1) is 14.7. The highest BCUT2D eigenvalue weighted by molar-refractivity contribution is 6.30. The molecule has 0 aliphatic heterocycles. The lowest BCUT2D eigenvalue weighted by Gasteiger charge is -2.21. The molecular formula is C16H24ClNO. The van der Waals surface area contributed by atoms with Gasteiger partial charge in [0.1, 0.15) is 5.75 Å². The Morgan fingerprint density at radius 1 is 1.42 bits per heavy atom. The molecule has 0 heterocycles. The van der Waals surface area contributed by atoms with Crippen LogP contribution in [-0.2, 0) is 5.41 Å². The van der Waals surface area contributed by atoms with Gasteiger partial charge < -0.3 is 10.1 Å². The monoisotopic (exact) mass is 281 g/mol. The Hall–Kier alpha value is -0.730. The third kappa shape index (κ3) is 2.90. The van der Waals surface area contributed by atoms with E-state index in [0.29, 0.717) is 0 Å². The molecule has 0 saturated heterocycles. The van der Waals surface area contributed by atoms with Gasteiger partial charge in [0.25, 0.3) is 0 Å². The number of ether oxygens (including phenoxy) is 1. The minimum Gasteiger partial charge on any atom is -0.496 e. The Kier molecular flexibility index (Phi) is 4.75. The highest BCUT2D eigenvalue weighted by Gasteiger charge is 2.54. The van der Waals surface area contributed by atoms with Crippen LogP contribution < -0.4 is 10.1 Å². The van der Waals surface area contributed by atoms with Crippen LogP contribution in [-0.4, -0.2) is 20.2 Å². The van der Waals surface area contributed by atoms with E-state index in [-0.39, 0.29) is 5.41 Å². The third-order valence-electron chi connectivity index (χ3n) is 4.29. The van der Waals surface area contributed by atoms with Crippen molar-refractivity contribution in [3.8, 4) is 5.75 Å². The summed E-state index contributed by atoms with van der Waals surface area (Å²) >= 11 is 6.18. The minimum atomic E-state index is 0.222. The first-order valence-corrected chi connectivity index (χ1v) is 7.60. The molecule has 1 fully saturated rings. The van der Waals surface area contributed by atoms with Crippen molar-refractivity contribution in [3.63, 3.8) is 0 Å². The van der Waals surface area contributed by atoms with Crippen LogP contribution >= 0.6 is 11.6 Å². The molecule has 0 aromatic heterocycles. The van der Waals surface area contributed by atoms with E-state index in [2.05, 4.69) is 25.2 Å². The SMILES string of the molecule is CCCNCC1(c2cc(Cl)ccc2OC)CC1CC. The molecule has 0 spiro atoms. The molecule has 1 saturated carbocycles. The van der Waals surface area contributed by atoms with Crippen LogP contribution in [0.4, 0.5) is 0 Å². The summed E-state index contributed by atoms with van der Waals surface area (Å²) in [6.07, 6.45) is 3.61. The summed E-state index contributed by atoms with van der Waals surface area (Å²) in [6, 6.07) is 5.98. The van der Waals surface area contributed by atoms with Crippen molar-refractivity contribution in [2.45, 2.75) is 38.5 Å². The molecule has 19 heavy (non-hydrogen) atoms. The Labute approximate surface area is 121 Å². The van der Waals surface area contributed by atoms with Gasteiger partial charge in [0.2, 0.25) is 0 Å². The van der Waals surface area contributed by atoms with Gasteiger partial charge in [-0.15, -0.1) is 0 Å². The molecule has 1 aliphatic carbocycles. The molecule has 106 valence electrons. The Bertz CT molecular complexity index is 435. The largest absolute Gasteiger partial charge is 0.496 e. The Morgan fingerprint density at radius 3 is 2.79 bits per heavy atom. The van der Waals surface area contributed by atoms with Crippen molar-refractivity contribution in [1.29, 1.82) is 0 Å². The molecule has 2 unspecified atom stereocenters. The highest BCUT2D eigenvalue weighted by atomic mass is 35.5. The summed E-state index contributed by atoms with van der Waals surface area (Å²) in [5, 5.41) is 4.37. The fraction of sp³-hybridized carbons (Fsp3) is 0.625. The van der Waals surface area contributed by atoms with Gasteiger partial charge >= 0.3 is 0 Å². The van der Waals surface area contributed by atoms with Crippen LogP contribution in [0.2, 0.25) is 5.02 Å². The number of methoxy groups -OCH3 is 1. The van der Waals surface area contributed by atoms with Gasteiger partial charge in [-0.1, -0.05) is 31.9 Å². The zero-order chi connectivity index (χ0) is 13.9. The van der Waals surface area contributed by atoms with Gasteiger partial charge in [-0.25, -0.2) is 0 Å². The number of rotatable bonds is 7. The molecule has 1 aliphatic rings. The van der Waals surface area contributed by atoms with Gasteiger partial charge in [0.15, 0.2) is 0 Å². The van der Waals surface area contributed by atoms with Crippen LogP contribution in [0.25, 0.3) is 0 Å².